The van der Waals surface area contributed by atoms with Crippen LogP contribution < -0.4 is 10.6 Å². The first-order valence-electron chi connectivity index (χ1n) is 6.11. The van der Waals surface area contributed by atoms with Gasteiger partial charge in [0.2, 0.25) is 11.8 Å². The van der Waals surface area contributed by atoms with Gasteiger partial charge in [0.25, 0.3) is 0 Å². The van der Waals surface area contributed by atoms with E-state index in [1.807, 2.05) is 0 Å². The zero-order chi connectivity index (χ0) is 13.3. The molecule has 0 aliphatic heterocycles. The van der Waals surface area contributed by atoms with Gasteiger partial charge in [-0.05, 0) is 24.7 Å². The molecule has 5 nitrogen and oxygen atoms in total. The van der Waals surface area contributed by atoms with Crippen LogP contribution in [-0.4, -0.2) is 36.6 Å². The minimum Gasteiger partial charge on any atom is -0.396 e. The number of carbonyl (C=O) groups excluding carboxylic acids is 2. The molecular weight excluding hydrogens is 220 g/mol. The van der Waals surface area contributed by atoms with Crippen LogP contribution in [0.3, 0.4) is 0 Å². The Morgan fingerprint density at radius 3 is 2.18 bits per heavy atom. The third-order valence-corrected chi connectivity index (χ3v) is 3.30. The molecule has 0 atom stereocenters. The first-order valence-corrected chi connectivity index (χ1v) is 6.11. The summed E-state index contributed by atoms with van der Waals surface area (Å²) in [6.45, 7) is 6.17. The van der Waals surface area contributed by atoms with Crippen molar-refractivity contribution in [1.29, 1.82) is 0 Å². The summed E-state index contributed by atoms with van der Waals surface area (Å²) < 4.78 is 0. The monoisotopic (exact) mass is 244 g/mol. The van der Waals surface area contributed by atoms with Gasteiger partial charge in [-0.3, -0.25) is 9.59 Å². The predicted octanol–water partition coefficient (Wildman–Crippen LogP) is 0.428. The number of aliphatic hydroxyl groups is 1. The number of hydrogen-bond donors (Lipinski definition) is 3. The molecule has 0 bridgehead atoms. The Morgan fingerprint density at radius 2 is 1.76 bits per heavy atom. The van der Waals surface area contributed by atoms with Crippen LogP contribution in [0, 0.1) is 5.41 Å². The Bertz CT molecular complexity index is 250. The standard InChI is InChI=1S/C12H24N2O3/c1-4-12(5-2,6-7-15)9-14-11(17)8-13-10(3)16/h15H,4-9H2,1-3H3,(H,13,16)(H,14,17). The summed E-state index contributed by atoms with van der Waals surface area (Å²) in [5, 5.41) is 14.3. The van der Waals surface area contributed by atoms with Gasteiger partial charge < -0.3 is 15.7 Å². The van der Waals surface area contributed by atoms with Crippen molar-refractivity contribution in [2.75, 3.05) is 19.7 Å². The van der Waals surface area contributed by atoms with Gasteiger partial charge in [0, 0.05) is 20.1 Å². The lowest BCUT2D eigenvalue weighted by Gasteiger charge is -2.31. The van der Waals surface area contributed by atoms with Crippen LogP contribution in [0.15, 0.2) is 0 Å². The van der Waals surface area contributed by atoms with Crippen molar-refractivity contribution < 1.29 is 14.7 Å². The SMILES string of the molecule is CCC(CC)(CCO)CNC(=O)CNC(C)=O. The van der Waals surface area contributed by atoms with E-state index in [9.17, 15) is 9.59 Å². The van der Waals surface area contributed by atoms with Crippen LogP contribution >= 0.6 is 0 Å². The molecule has 17 heavy (non-hydrogen) atoms. The molecule has 0 saturated carbocycles. The molecule has 0 aliphatic rings. The van der Waals surface area contributed by atoms with Crippen LogP contribution in [-0.2, 0) is 9.59 Å². The smallest absolute Gasteiger partial charge is 0.239 e. The van der Waals surface area contributed by atoms with Crippen molar-refractivity contribution in [3.63, 3.8) is 0 Å². The van der Waals surface area contributed by atoms with Gasteiger partial charge in [-0.15, -0.1) is 0 Å². The molecule has 0 aromatic carbocycles. The topological polar surface area (TPSA) is 78.4 Å². The van der Waals surface area contributed by atoms with E-state index < -0.39 is 0 Å². The van der Waals surface area contributed by atoms with Crippen LogP contribution in [0.5, 0.6) is 0 Å². The molecule has 0 heterocycles. The Labute approximate surface area is 103 Å². The van der Waals surface area contributed by atoms with Crippen molar-refractivity contribution in [2.24, 2.45) is 5.41 Å². The fourth-order valence-corrected chi connectivity index (χ4v) is 1.73. The molecule has 0 aromatic rings. The van der Waals surface area contributed by atoms with Gasteiger partial charge in [0.15, 0.2) is 0 Å². The predicted molar refractivity (Wildman–Crippen MR) is 66.4 cm³/mol. The molecule has 0 unspecified atom stereocenters. The molecule has 0 radical (unpaired) electrons. The maximum absolute atomic E-state index is 11.4. The summed E-state index contributed by atoms with van der Waals surface area (Å²) in [5.41, 5.74) is -0.0410. The zero-order valence-electron chi connectivity index (χ0n) is 11.0. The number of hydrogen-bond acceptors (Lipinski definition) is 3. The highest BCUT2D eigenvalue weighted by molar-refractivity contribution is 5.83. The number of amides is 2. The van der Waals surface area contributed by atoms with E-state index >= 15 is 0 Å². The second kappa shape index (κ2) is 8.06. The molecule has 0 rings (SSSR count). The van der Waals surface area contributed by atoms with Crippen molar-refractivity contribution in [3.05, 3.63) is 0 Å². The third kappa shape index (κ3) is 6.26. The molecular formula is C12H24N2O3. The molecule has 0 spiro atoms. The van der Waals surface area contributed by atoms with Gasteiger partial charge >= 0.3 is 0 Å². The van der Waals surface area contributed by atoms with Crippen molar-refractivity contribution in [3.8, 4) is 0 Å². The summed E-state index contributed by atoms with van der Waals surface area (Å²) >= 11 is 0. The van der Waals surface area contributed by atoms with Crippen LogP contribution in [0.4, 0.5) is 0 Å². The summed E-state index contributed by atoms with van der Waals surface area (Å²) in [6.07, 6.45) is 2.50. The van der Waals surface area contributed by atoms with E-state index in [2.05, 4.69) is 24.5 Å². The number of carbonyl (C=O) groups is 2. The number of aliphatic hydroxyl groups excluding tert-OH is 1. The Morgan fingerprint density at radius 1 is 1.18 bits per heavy atom. The highest BCUT2D eigenvalue weighted by Crippen LogP contribution is 2.29. The highest BCUT2D eigenvalue weighted by Gasteiger charge is 2.25. The largest absolute Gasteiger partial charge is 0.396 e. The molecule has 100 valence electrons. The summed E-state index contributed by atoms with van der Waals surface area (Å²) in [4.78, 5) is 22.1. The quantitative estimate of drug-likeness (QED) is 0.579. The van der Waals surface area contributed by atoms with E-state index in [-0.39, 0.29) is 30.4 Å². The average Bonchev–Trinajstić information content (AvgIpc) is 2.32. The van der Waals surface area contributed by atoms with E-state index in [1.54, 1.807) is 0 Å². The lowest BCUT2D eigenvalue weighted by molar-refractivity contribution is -0.125. The van der Waals surface area contributed by atoms with E-state index in [0.717, 1.165) is 12.8 Å². The minimum absolute atomic E-state index is 0.0119. The Balaban J connectivity index is 4.11. The van der Waals surface area contributed by atoms with Gasteiger partial charge in [0.1, 0.15) is 0 Å². The Kier molecular flexibility index (Phi) is 7.54. The second-order valence-electron chi connectivity index (χ2n) is 4.37. The molecule has 0 aliphatic carbocycles. The summed E-state index contributed by atoms with van der Waals surface area (Å²) in [5.74, 6) is -0.405. The van der Waals surface area contributed by atoms with Crippen molar-refractivity contribution >= 4 is 11.8 Å². The normalized spacial score (nSPS) is 11.1. The number of nitrogens with one attached hydrogen (secondary N) is 2. The van der Waals surface area contributed by atoms with Crippen molar-refractivity contribution in [1.82, 2.24) is 10.6 Å². The molecule has 0 saturated heterocycles. The summed E-state index contributed by atoms with van der Waals surface area (Å²) in [6, 6.07) is 0. The lowest BCUT2D eigenvalue weighted by atomic mass is 9.79. The first kappa shape index (κ1) is 15.9. The van der Waals surface area contributed by atoms with E-state index in [1.165, 1.54) is 6.92 Å². The highest BCUT2D eigenvalue weighted by atomic mass is 16.3. The van der Waals surface area contributed by atoms with E-state index in [4.69, 9.17) is 5.11 Å². The second-order valence-corrected chi connectivity index (χ2v) is 4.37. The first-order chi connectivity index (χ1) is 7.99. The fraction of sp³-hybridized carbons (Fsp3) is 0.833. The summed E-state index contributed by atoms with van der Waals surface area (Å²) in [7, 11) is 0. The molecule has 3 N–H and O–H groups in total. The van der Waals surface area contributed by atoms with Gasteiger partial charge in [-0.25, -0.2) is 0 Å². The maximum atomic E-state index is 11.4. The fourth-order valence-electron chi connectivity index (χ4n) is 1.73. The van der Waals surface area contributed by atoms with Gasteiger partial charge in [-0.2, -0.15) is 0 Å². The van der Waals surface area contributed by atoms with Crippen molar-refractivity contribution in [2.45, 2.75) is 40.0 Å². The van der Waals surface area contributed by atoms with E-state index in [0.29, 0.717) is 13.0 Å². The number of rotatable bonds is 8. The average molecular weight is 244 g/mol. The van der Waals surface area contributed by atoms with Gasteiger partial charge in [0.05, 0.1) is 6.54 Å². The third-order valence-electron chi connectivity index (χ3n) is 3.30. The lowest BCUT2D eigenvalue weighted by Crippen LogP contribution is -2.42. The van der Waals surface area contributed by atoms with Crippen LogP contribution in [0.1, 0.15) is 40.0 Å². The zero-order valence-corrected chi connectivity index (χ0v) is 11.0. The maximum Gasteiger partial charge on any atom is 0.239 e. The molecule has 0 fully saturated rings. The molecule has 0 aromatic heterocycles. The van der Waals surface area contributed by atoms with Gasteiger partial charge in [-0.1, -0.05) is 13.8 Å². The molecule has 2 amide bonds. The van der Waals surface area contributed by atoms with Crippen LogP contribution in [0.2, 0.25) is 0 Å². The minimum atomic E-state index is -0.215. The van der Waals surface area contributed by atoms with Crippen LogP contribution in [0.25, 0.3) is 0 Å². The molecule has 5 heteroatoms. The Hall–Kier alpha value is -1.10.